The molecule has 2 aliphatic rings. The van der Waals surface area contributed by atoms with Gasteiger partial charge in [0, 0.05) is 32.6 Å². The van der Waals surface area contributed by atoms with Gasteiger partial charge < -0.3 is 9.80 Å². The number of carbonyl (C=O) groups is 2. The van der Waals surface area contributed by atoms with Crippen LogP contribution in [0.2, 0.25) is 0 Å². The van der Waals surface area contributed by atoms with Gasteiger partial charge in [-0.3, -0.25) is 9.59 Å². The van der Waals surface area contributed by atoms with E-state index in [0.29, 0.717) is 31.5 Å². The van der Waals surface area contributed by atoms with Gasteiger partial charge in [0.25, 0.3) is 0 Å². The summed E-state index contributed by atoms with van der Waals surface area (Å²) in [5, 5.41) is 0. The molecular weight excluding hydrogens is 359 g/mol. The Morgan fingerprint density at radius 3 is 2.73 bits per heavy atom. The molecule has 1 aromatic rings. The number of hydrogen-bond acceptors (Lipinski definition) is 4. The molecule has 26 heavy (non-hydrogen) atoms. The van der Waals surface area contributed by atoms with Crippen molar-refractivity contribution in [2.24, 2.45) is 5.92 Å². The van der Waals surface area contributed by atoms with Gasteiger partial charge >= 0.3 is 0 Å². The maximum absolute atomic E-state index is 13.7. The molecule has 2 heterocycles. The zero-order chi connectivity index (χ0) is 18.9. The summed E-state index contributed by atoms with van der Waals surface area (Å²) >= 11 is 0. The summed E-state index contributed by atoms with van der Waals surface area (Å²) in [6, 6.07) is 6.13. The van der Waals surface area contributed by atoms with E-state index < -0.39 is 15.8 Å². The van der Waals surface area contributed by atoms with Gasteiger partial charge in [-0.05, 0) is 24.5 Å². The highest BCUT2D eigenvalue weighted by Gasteiger charge is 2.39. The minimum absolute atomic E-state index is 0.00704. The Labute approximate surface area is 152 Å². The van der Waals surface area contributed by atoms with Gasteiger partial charge in [0.05, 0.1) is 17.4 Å². The number of carbonyl (C=O) groups excluding carboxylic acids is 2. The molecular formula is C18H23FN2O4S. The van der Waals surface area contributed by atoms with Crippen LogP contribution in [0, 0.1) is 11.7 Å². The normalized spacial score (nSPS) is 24.8. The molecule has 2 saturated heterocycles. The number of benzene rings is 1. The van der Waals surface area contributed by atoms with Crippen molar-refractivity contribution in [1.29, 1.82) is 0 Å². The van der Waals surface area contributed by atoms with Crippen LogP contribution in [0.25, 0.3) is 0 Å². The van der Waals surface area contributed by atoms with Crippen molar-refractivity contribution in [2.75, 3.05) is 31.6 Å². The third-order valence-electron chi connectivity index (χ3n) is 5.28. The fourth-order valence-electron chi connectivity index (χ4n) is 3.66. The highest BCUT2D eigenvalue weighted by atomic mass is 32.2. The smallest absolute Gasteiger partial charge is 0.228 e. The zero-order valence-corrected chi connectivity index (χ0v) is 15.5. The van der Waals surface area contributed by atoms with E-state index in [1.165, 1.54) is 11.0 Å². The van der Waals surface area contributed by atoms with Crippen molar-refractivity contribution in [2.45, 2.75) is 25.3 Å². The third kappa shape index (κ3) is 4.06. The lowest BCUT2D eigenvalue weighted by atomic mass is 10.1. The maximum atomic E-state index is 13.7. The Hall–Kier alpha value is -1.96. The number of halogens is 1. The second-order valence-corrected chi connectivity index (χ2v) is 9.32. The molecule has 3 rings (SSSR count). The molecule has 2 fully saturated rings. The molecule has 2 unspecified atom stereocenters. The molecule has 0 N–H and O–H groups in total. The minimum Gasteiger partial charge on any atom is -0.342 e. The molecule has 0 aromatic heterocycles. The lowest BCUT2D eigenvalue weighted by Gasteiger charge is -2.26. The van der Waals surface area contributed by atoms with Crippen LogP contribution in [0.1, 0.15) is 18.4 Å². The quantitative estimate of drug-likeness (QED) is 0.757. The number of sulfone groups is 1. The van der Waals surface area contributed by atoms with E-state index in [0.717, 1.165) is 0 Å². The predicted molar refractivity (Wildman–Crippen MR) is 94.6 cm³/mol. The lowest BCUT2D eigenvalue weighted by Crippen LogP contribution is -2.42. The largest absolute Gasteiger partial charge is 0.342 e. The number of rotatable bonds is 5. The van der Waals surface area contributed by atoms with Crippen LogP contribution in [0.5, 0.6) is 0 Å². The van der Waals surface area contributed by atoms with E-state index in [4.69, 9.17) is 0 Å². The molecule has 0 bridgehead atoms. The van der Waals surface area contributed by atoms with Crippen LogP contribution in [0.4, 0.5) is 4.39 Å². The topological polar surface area (TPSA) is 74.8 Å². The Bertz CT molecular complexity index is 811. The van der Waals surface area contributed by atoms with Gasteiger partial charge in [0.1, 0.15) is 5.82 Å². The zero-order valence-electron chi connectivity index (χ0n) is 14.7. The van der Waals surface area contributed by atoms with Crippen LogP contribution in [-0.2, 0) is 25.8 Å². The molecule has 0 aliphatic carbocycles. The van der Waals surface area contributed by atoms with Gasteiger partial charge in [-0.15, -0.1) is 0 Å². The first-order chi connectivity index (χ1) is 12.3. The van der Waals surface area contributed by atoms with Gasteiger partial charge in [-0.2, -0.15) is 0 Å². The van der Waals surface area contributed by atoms with Crippen molar-refractivity contribution >= 4 is 21.7 Å². The first kappa shape index (κ1) is 18.8. The standard InChI is InChI=1S/C18H23FN2O4S/c1-20(15-7-9-26(24,25)12-15)18(23)14-10-17(22)21(11-14)8-6-13-4-2-3-5-16(13)19/h2-5,14-15H,6-12H2,1H3. The van der Waals surface area contributed by atoms with Crippen molar-refractivity contribution < 1.29 is 22.4 Å². The van der Waals surface area contributed by atoms with Crippen LogP contribution in [0.15, 0.2) is 24.3 Å². The molecule has 1 aromatic carbocycles. The SMILES string of the molecule is CN(C(=O)C1CC(=O)N(CCc2ccccc2F)C1)C1CCS(=O)(=O)C1. The minimum atomic E-state index is -3.07. The number of nitrogens with zero attached hydrogens (tertiary/aromatic N) is 2. The van der Waals surface area contributed by atoms with Gasteiger partial charge in [-0.1, -0.05) is 18.2 Å². The molecule has 0 radical (unpaired) electrons. The van der Waals surface area contributed by atoms with Crippen LogP contribution in [-0.4, -0.2) is 67.7 Å². The van der Waals surface area contributed by atoms with Crippen LogP contribution >= 0.6 is 0 Å². The molecule has 0 saturated carbocycles. The summed E-state index contributed by atoms with van der Waals surface area (Å²) in [5.74, 6) is -0.966. The predicted octanol–water partition coefficient (Wildman–Crippen LogP) is 0.862. The van der Waals surface area contributed by atoms with E-state index in [9.17, 15) is 22.4 Å². The molecule has 142 valence electrons. The van der Waals surface area contributed by atoms with Crippen molar-refractivity contribution in [3.63, 3.8) is 0 Å². The van der Waals surface area contributed by atoms with E-state index in [2.05, 4.69) is 0 Å². The Kier molecular flexibility index (Phi) is 5.32. The number of hydrogen-bond donors (Lipinski definition) is 0. The summed E-state index contributed by atoms with van der Waals surface area (Å²) in [4.78, 5) is 27.9. The Morgan fingerprint density at radius 2 is 2.08 bits per heavy atom. The Morgan fingerprint density at radius 1 is 1.35 bits per heavy atom. The highest BCUT2D eigenvalue weighted by molar-refractivity contribution is 7.91. The number of likely N-dealkylation sites (tertiary alicyclic amines) is 1. The van der Waals surface area contributed by atoms with Gasteiger partial charge in [-0.25, -0.2) is 12.8 Å². The van der Waals surface area contributed by atoms with E-state index >= 15 is 0 Å². The van der Waals surface area contributed by atoms with E-state index in [1.54, 1.807) is 30.1 Å². The van der Waals surface area contributed by atoms with E-state index in [-0.39, 0.29) is 41.6 Å². The maximum Gasteiger partial charge on any atom is 0.228 e. The summed E-state index contributed by atoms with van der Waals surface area (Å²) in [6.07, 6.45) is 0.970. The molecule has 2 amide bonds. The number of amides is 2. The van der Waals surface area contributed by atoms with Gasteiger partial charge in [0.2, 0.25) is 11.8 Å². The lowest BCUT2D eigenvalue weighted by molar-refractivity contribution is -0.136. The second kappa shape index (κ2) is 7.34. The third-order valence-corrected chi connectivity index (χ3v) is 7.03. The second-order valence-electron chi connectivity index (χ2n) is 7.09. The first-order valence-corrected chi connectivity index (χ1v) is 10.6. The molecule has 8 heteroatoms. The van der Waals surface area contributed by atoms with Crippen molar-refractivity contribution in [1.82, 2.24) is 9.80 Å². The average Bonchev–Trinajstić information content (AvgIpc) is 3.15. The van der Waals surface area contributed by atoms with Crippen LogP contribution < -0.4 is 0 Å². The first-order valence-electron chi connectivity index (χ1n) is 8.75. The molecule has 0 spiro atoms. The molecule has 2 atom stereocenters. The summed E-state index contributed by atoms with van der Waals surface area (Å²) in [7, 11) is -1.46. The fourth-order valence-corrected chi connectivity index (χ4v) is 5.43. The summed E-state index contributed by atoms with van der Waals surface area (Å²) < 4.78 is 36.9. The molecule has 2 aliphatic heterocycles. The van der Waals surface area contributed by atoms with Gasteiger partial charge in [0.15, 0.2) is 9.84 Å². The van der Waals surface area contributed by atoms with Crippen molar-refractivity contribution in [3.05, 3.63) is 35.6 Å². The fraction of sp³-hybridized carbons (Fsp3) is 0.556. The summed E-state index contributed by atoms with van der Waals surface area (Å²) in [6.45, 7) is 0.668. The highest BCUT2D eigenvalue weighted by Crippen LogP contribution is 2.24. The van der Waals surface area contributed by atoms with Crippen molar-refractivity contribution in [3.8, 4) is 0 Å². The average molecular weight is 382 g/mol. The molecule has 6 nitrogen and oxygen atoms in total. The monoisotopic (exact) mass is 382 g/mol. The summed E-state index contributed by atoms with van der Waals surface area (Å²) in [5.41, 5.74) is 0.545. The van der Waals surface area contributed by atoms with E-state index in [1.807, 2.05) is 0 Å². The van der Waals surface area contributed by atoms with Crippen LogP contribution in [0.3, 0.4) is 0 Å². The Balaban J connectivity index is 1.57.